The molecule has 1 aromatic carbocycles. The van der Waals surface area contributed by atoms with E-state index < -0.39 is 0 Å². The van der Waals surface area contributed by atoms with E-state index in [2.05, 4.69) is 13.0 Å². The van der Waals surface area contributed by atoms with Gasteiger partial charge in [0.2, 0.25) is 0 Å². The molecule has 0 fully saturated rings. The quantitative estimate of drug-likeness (QED) is 0.608. The van der Waals surface area contributed by atoms with Crippen molar-refractivity contribution in [2.75, 3.05) is 7.11 Å². The van der Waals surface area contributed by atoms with Crippen molar-refractivity contribution in [1.29, 1.82) is 0 Å². The van der Waals surface area contributed by atoms with E-state index in [1.54, 1.807) is 7.11 Å². The highest BCUT2D eigenvalue weighted by Gasteiger charge is 1.97. The van der Waals surface area contributed by atoms with Crippen molar-refractivity contribution in [2.24, 2.45) is 0 Å². The van der Waals surface area contributed by atoms with Gasteiger partial charge >= 0.3 is 0 Å². The average Bonchev–Trinajstić information content (AvgIpc) is 2.05. The zero-order valence-electron chi connectivity index (χ0n) is 7.63. The van der Waals surface area contributed by atoms with Crippen molar-refractivity contribution in [1.82, 2.24) is 0 Å². The van der Waals surface area contributed by atoms with Gasteiger partial charge in [-0.2, -0.15) is 0 Å². The minimum atomic E-state index is 0.725. The first-order valence-corrected chi connectivity index (χ1v) is 4.20. The second kappa shape index (κ2) is 4.20. The van der Waals surface area contributed by atoms with Crippen LogP contribution in [0.25, 0.3) is 0 Å². The molecule has 0 saturated carbocycles. The highest BCUT2D eigenvalue weighted by Crippen LogP contribution is 2.09. The summed E-state index contributed by atoms with van der Waals surface area (Å²) in [7, 11) is 7.37. The van der Waals surface area contributed by atoms with E-state index in [-0.39, 0.29) is 0 Å². The zero-order valence-corrected chi connectivity index (χ0v) is 7.63. The highest BCUT2D eigenvalue weighted by atomic mass is 16.5. The maximum atomic E-state index is 5.74. The molecule has 0 spiro atoms. The monoisotopic (exact) mass is 160 g/mol. The third-order valence-electron chi connectivity index (χ3n) is 1.83. The minimum Gasteiger partial charge on any atom is -0.497 e. The van der Waals surface area contributed by atoms with E-state index in [1.165, 1.54) is 5.56 Å². The molecule has 62 valence electrons. The molecule has 1 rings (SSSR count). The Morgan fingerprint density at radius 1 is 1.42 bits per heavy atom. The molecule has 0 aromatic heterocycles. The maximum Gasteiger partial charge on any atom is 0.119 e. The van der Waals surface area contributed by atoms with Crippen LogP contribution in [0.15, 0.2) is 18.2 Å². The predicted octanol–water partition coefficient (Wildman–Crippen LogP) is 1.44. The molecule has 0 unspecified atom stereocenters. The first kappa shape index (κ1) is 9.18. The van der Waals surface area contributed by atoms with Crippen LogP contribution in [0.4, 0.5) is 0 Å². The molecule has 1 aromatic rings. The number of aryl methyl sites for hydroxylation is 1. The molecule has 0 aliphatic rings. The van der Waals surface area contributed by atoms with Gasteiger partial charge in [0.25, 0.3) is 0 Å². The number of rotatable bonds is 3. The van der Waals surface area contributed by atoms with E-state index in [1.807, 2.05) is 12.1 Å². The third-order valence-corrected chi connectivity index (χ3v) is 1.83. The molecule has 2 heteroatoms. The van der Waals surface area contributed by atoms with Gasteiger partial charge in [-0.3, -0.25) is 0 Å². The molecule has 0 aliphatic heterocycles. The molecule has 0 amide bonds. The summed E-state index contributed by atoms with van der Waals surface area (Å²) in [5.74, 6) is 0.759. The van der Waals surface area contributed by atoms with Crippen LogP contribution in [0.1, 0.15) is 18.9 Å². The first-order valence-electron chi connectivity index (χ1n) is 4.20. The minimum absolute atomic E-state index is 0.725. The summed E-state index contributed by atoms with van der Waals surface area (Å²) in [6.45, 7) is 2.15. The standard InChI is InChI=1S/C10H13BO/c1-3-4-8-5-6-10(12-2)9(11)7-8/h5-7H,3-4H2,1-2H3. The first-order chi connectivity index (χ1) is 5.77. The molecular formula is C10H13BO. The Bertz CT molecular complexity index is 258. The molecule has 0 aliphatic carbocycles. The molecule has 0 bridgehead atoms. The largest absolute Gasteiger partial charge is 0.497 e. The molecular weight excluding hydrogens is 147 g/mol. The summed E-state index contributed by atoms with van der Waals surface area (Å²) in [6.07, 6.45) is 2.22. The van der Waals surface area contributed by atoms with E-state index >= 15 is 0 Å². The lowest BCUT2D eigenvalue weighted by atomic mass is 9.92. The lowest BCUT2D eigenvalue weighted by Crippen LogP contribution is -2.07. The van der Waals surface area contributed by atoms with Crippen LogP contribution in [0.2, 0.25) is 0 Å². The Balaban J connectivity index is 2.86. The van der Waals surface area contributed by atoms with Crippen molar-refractivity contribution < 1.29 is 4.74 Å². The van der Waals surface area contributed by atoms with Gasteiger partial charge in [-0.05, 0) is 18.1 Å². The van der Waals surface area contributed by atoms with Gasteiger partial charge in [0.05, 0.1) is 7.11 Å². The van der Waals surface area contributed by atoms with Gasteiger partial charge in [0.15, 0.2) is 0 Å². The van der Waals surface area contributed by atoms with Crippen LogP contribution in [-0.2, 0) is 6.42 Å². The van der Waals surface area contributed by atoms with Crippen molar-refractivity contribution >= 4 is 13.3 Å². The Hall–Kier alpha value is -0.915. The van der Waals surface area contributed by atoms with Gasteiger partial charge in [-0.25, -0.2) is 0 Å². The fourth-order valence-electron chi connectivity index (χ4n) is 1.23. The maximum absolute atomic E-state index is 5.74. The number of ether oxygens (including phenoxy) is 1. The van der Waals surface area contributed by atoms with Gasteiger partial charge in [0.1, 0.15) is 13.6 Å². The topological polar surface area (TPSA) is 9.23 Å². The average molecular weight is 160 g/mol. The molecule has 0 heterocycles. The van der Waals surface area contributed by atoms with Crippen LogP contribution >= 0.6 is 0 Å². The molecule has 0 saturated heterocycles. The fourth-order valence-corrected chi connectivity index (χ4v) is 1.23. The lowest BCUT2D eigenvalue weighted by Gasteiger charge is -2.06. The van der Waals surface area contributed by atoms with Gasteiger partial charge in [-0.1, -0.05) is 30.9 Å². The molecule has 0 N–H and O–H groups in total. The number of hydrogen-bond acceptors (Lipinski definition) is 1. The number of benzene rings is 1. The van der Waals surface area contributed by atoms with Crippen molar-refractivity contribution in [3.05, 3.63) is 23.8 Å². The summed E-state index contributed by atoms with van der Waals surface area (Å²) in [5, 5.41) is 0. The van der Waals surface area contributed by atoms with Crippen molar-refractivity contribution in [2.45, 2.75) is 19.8 Å². The Kier molecular flexibility index (Phi) is 3.21. The third kappa shape index (κ3) is 2.03. The zero-order chi connectivity index (χ0) is 8.97. The summed E-state index contributed by atoms with van der Waals surface area (Å²) >= 11 is 0. The van der Waals surface area contributed by atoms with Crippen molar-refractivity contribution in [3.8, 4) is 5.75 Å². The second-order valence-corrected chi connectivity index (χ2v) is 2.83. The summed E-state index contributed by atoms with van der Waals surface area (Å²) in [5.41, 5.74) is 2.00. The second-order valence-electron chi connectivity index (χ2n) is 2.83. The molecule has 1 nitrogen and oxygen atoms in total. The van der Waals surface area contributed by atoms with Crippen molar-refractivity contribution in [3.63, 3.8) is 0 Å². The van der Waals surface area contributed by atoms with Crippen LogP contribution in [0, 0.1) is 0 Å². The van der Waals surface area contributed by atoms with E-state index in [0.717, 1.165) is 24.1 Å². The lowest BCUT2D eigenvalue weighted by molar-refractivity contribution is 0.418. The fraction of sp³-hybridized carbons (Fsp3) is 0.400. The number of methoxy groups -OCH3 is 1. The van der Waals surface area contributed by atoms with E-state index in [0.29, 0.717) is 0 Å². The van der Waals surface area contributed by atoms with Crippen LogP contribution in [0.5, 0.6) is 5.75 Å². The highest BCUT2D eigenvalue weighted by molar-refractivity contribution is 6.34. The Labute approximate surface area is 75.2 Å². The van der Waals surface area contributed by atoms with E-state index in [9.17, 15) is 0 Å². The predicted molar refractivity (Wildman–Crippen MR) is 52.4 cm³/mol. The van der Waals surface area contributed by atoms with Gasteiger partial charge in [-0.15, -0.1) is 0 Å². The summed E-state index contributed by atoms with van der Waals surface area (Å²) in [4.78, 5) is 0. The SMILES string of the molecule is [B]c1cc(CCC)ccc1OC. The molecule has 0 atom stereocenters. The van der Waals surface area contributed by atoms with Crippen LogP contribution < -0.4 is 10.2 Å². The Morgan fingerprint density at radius 3 is 2.67 bits per heavy atom. The van der Waals surface area contributed by atoms with Crippen LogP contribution in [-0.4, -0.2) is 15.0 Å². The summed E-state index contributed by atoms with van der Waals surface area (Å²) < 4.78 is 5.05. The summed E-state index contributed by atoms with van der Waals surface area (Å²) in [6, 6.07) is 5.95. The van der Waals surface area contributed by atoms with Gasteiger partial charge in [0, 0.05) is 0 Å². The van der Waals surface area contributed by atoms with Gasteiger partial charge < -0.3 is 4.74 Å². The smallest absolute Gasteiger partial charge is 0.119 e. The molecule has 12 heavy (non-hydrogen) atoms. The van der Waals surface area contributed by atoms with Crippen LogP contribution in [0.3, 0.4) is 0 Å². The van der Waals surface area contributed by atoms with E-state index in [4.69, 9.17) is 12.6 Å². The Morgan fingerprint density at radius 2 is 2.17 bits per heavy atom. The normalized spacial score (nSPS) is 9.83. The molecule has 2 radical (unpaired) electrons. The number of hydrogen-bond donors (Lipinski definition) is 0.